The summed E-state index contributed by atoms with van der Waals surface area (Å²) in [5.41, 5.74) is 5.39. The van der Waals surface area contributed by atoms with Crippen molar-refractivity contribution in [1.29, 1.82) is 0 Å². The molecule has 4 heteroatoms. The first-order valence-electron chi connectivity index (χ1n) is 3.92. The van der Waals surface area contributed by atoms with Crippen molar-refractivity contribution in [3.05, 3.63) is 20.8 Å². The minimum atomic E-state index is 0.407. The summed E-state index contributed by atoms with van der Waals surface area (Å²) in [7, 11) is 0. The summed E-state index contributed by atoms with van der Waals surface area (Å²) in [4.78, 5) is 1.34. The van der Waals surface area contributed by atoms with Gasteiger partial charge in [-0.1, -0.05) is 0 Å². The molecule has 1 heterocycles. The van der Waals surface area contributed by atoms with Crippen molar-refractivity contribution in [3.63, 3.8) is 0 Å². The van der Waals surface area contributed by atoms with Crippen LogP contribution in [0, 0.1) is 0 Å². The van der Waals surface area contributed by atoms with Crippen LogP contribution in [-0.2, 0) is 0 Å². The molecule has 1 aromatic heterocycles. The van der Waals surface area contributed by atoms with Crippen LogP contribution in [0.5, 0.6) is 0 Å². The average Bonchev–Trinajstić information content (AvgIpc) is 2.47. The van der Waals surface area contributed by atoms with Crippen LogP contribution in [-0.4, -0.2) is 13.1 Å². The highest BCUT2D eigenvalue weighted by Gasteiger charge is 2.05. The monoisotopic (exact) mass is 248 g/mol. The van der Waals surface area contributed by atoms with Crippen LogP contribution in [0.25, 0.3) is 0 Å². The molecule has 1 aromatic rings. The molecule has 0 spiro atoms. The molecule has 0 aliphatic heterocycles. The lowest BCUT2D eigenvalue weighted by atomic mass is 10.3. The molecule has 1 unspecified atom stereocenters. The lowest BCUT2D eigenvalue weighted by molar-refractivity contribution is 0.590. The Balaban J connectivity index is 2.47. The first-order valence-corrected chi connectivity index (χ1v) is 5.53. The molecule has 3 N–H and O–H groups in total. The van der Waals surface area contributed by atoms with Crippen LogP contribution in [0.4, 0.5) is 0 Å². The smallest absolute Gasteiger partial charge is 0.0701 e. The van der Waals surface area contributed by atoms with Gasteiger partial charge in [-0.3, -0.25) is 0 Å². The molecule has 0 amide bonds. The molecule has 0 saturated carbocycles. The summed E-state index contributed by atoms with van der Waals surface area (Å²) in [6.45, 7) is 3.71. The van der Waals surface area contributed by atoms with E-state index in [0.717, 1.165) is 6.54 Å². The van der Waals surface area contributed by atoms with Crippen LogP contribution >= 0.6 is 27.3 Å². The predicted octanol–water partition coefficient (Wildman–Crippen LogP) is 2.12. The van der Waals surface area contributed by atoms with Crippen molar-refractivity contribution in [2.45, 2.75) is 13.0 Å². The molecule has 0 bridgehead atoms. The van der Waals surface area contributed by atoms with Gasteiger partial charge in [0, 0.05) is 24.0 Å². The zero-order valence-corrected chi connectivity index (χ0v) is 9.41. The molecule has 68 valence electrons. The van der Waals surface area contributed by atoms with Gasteiger partial charge in [-0.25, -0.2) is 0 Å². The number of hydrogen-bond donors (Lipinski definition) is 2. The van der Waals surface area contributed by atoms with Gasteiger partial charge in [-0.2, -0.15) is 0 Å². The van der Waals surface area contributed by atoms with Gasteiger partial charge in [0.05, 0.1) is 3.79 Å². The minimum absolute atomic E-state index is 0.407. The van der Waals surface area contributed by atoms with Gasteiger partial charge in [-0.15, -0.1) is 11.3 Å². The Labute approximate surface area is 85.3 Å². The van der Waals surface area contributed by atoms with Gasteiger partial charge in [0.2, 0.25) is 0 Å². The van der Waals surface area contributed by atoms with E-state index >= 15 is 0 Å². The summed E-state index contributed by atoms with van der Waals surface area (Å²) in [6.07, 6.45) is 0. The standard InChI is InChI=1S/C8H13BrN2S/c1-6(11-5-4-10)7-2-3-8(9)12-7/h2-3,6,11H,4-5,10H2,1H3. The molecule has 12 heavy (non-hydrogen) atoms. The largest absolute Gasteiger partial charge is 0.329 e. The Kier molecular flexibility index (Phi) is 4.21. The number of nitrogens with one attached hydrogen (secondary N) is 1. The predicted molar refractivity (Wildman–Crippen MR) is 57.5 cm³/mol. The number of rotatable bonds is 4. The molecule has 0 aromatic carbocycles. The van der Waals surface area contributed by atoms with E-state index in [1.165, 1.54) is 8.66 Å². The van der Waals surface area contributed by atoms with Gasteiger partial charge < -0.3 is 11.1 Å². The van der Waals surface area contributed by atoms with Crippen LogP contribution in [0.3, 0.4) is 0 Å². The van der Waals surface area contributed by atoms with Crippen LogP contribution < -0.4 is 11.1 Å². The molecule has 0 aliphatic rings. The third-order valence-electron chi connectivity index (χ3n) is 1.62. The highest BCUT2D eigenvalue weighted by Crippen LogP contribution is 2.26. The number of thiophene rings is 1. The number of hydrogen-bond acceptors (Lipinski definition) is 3. The molecule has 2 nitrogen and oxygen atoms in total. The van der Waals surface area contributed by atoms with Crippen molar-refractivity contribution in [2.24, 2.45) is 5.73 Å². The van der Waals surface area contributed by atoms with Gasteiger partial charge in [0.15, 0.2) is 0 Å². The summed E-state index contributed by atoms with van der Waals surface area (Å²) in [5, 5.41) is 3.33. The fourth-order valence-corrected chi connectivity index (χ4v) is 2.41. The molecule has 0 radical (unpaired) electrons. The fourth-order valence-electron chi connectivity index (χ4n) is 0.961. The maximum absolute atomic E-state index is 5.39. The van der Waals surface area contributed by atoms with Crippen molar-refractivity contribution >= 4 is 27.3 Å². The van der Waals surface area contributed by atoms with Gasteiger partial charge in [-0.05, 0) is 35.0 Å². The number of nitrogens with two attached hydrogens (primary N) is 1. The van der Waals surface area contributed by atoms with E-state index in [9.17, 15) is 0 Å². The Morgan fingerprint density at radius 3 is 2.92 bits per heavy atom. The Bertz CT molecular complexity index is 237. The summed E-state index contributed by atoms with van der Waals surface area (Å²) < 4.78 is 1.18. The molecular weight excluding hydrogens is 236 g/mol. The normalized spacial score (nSPS) is 13.2. The molecule has 0 saturated heterocycles. The van der Waals surface area contributed by atoms with E-state index in [1.54, 1.807) is 11.3 Å². The average molecular weight is 249 g/mol. The molecular formula is C8H13BrN2S. The second kappa shape index (κ2) is 4.97. The topological polar surface area (TPSA) is 38.0 Å². The Hall–Kier alpha value is 0.1000. The Morgan fingerprint density at radius 1 is 1.67 bits per heavy atom. The summed E-state index contributed by atoms with van der Waals surface area (Å²) in [5.74, 6) is 0. The summed E-state index contributed by atoms with van der Waals surface area (Å²) >= 11 is 5.19. The van der Waals surface area contributed by atoms with Crippen molar-refractivity contribution in [3.8, 4) is 0 Å². The van der Waals surface area contributed by atoms with E-state index in [4.69, 9.17) is 5.73 Å². The van der Waals surface area contributed by atoms with Gasteiger partial charge in [0.25, 0.3) is 0 Å². The maximum atomic E-state index is 5.39. The second-order valence-electron chi connectivity index (χ2n) is 2.61. The van der Waals surface area contributed by atoms with Crippen LogP contribution in [0.1, 0.15) is 17.8 Å². The Morgan fingerprint density at radius 2 is 2.42 bits per heavy atom. The maximum Gasteiger partial charge on any atom is 0.0701 e. The van der Waals surface area contributed by atoms with E-state index in [-0.39, 0.29) is 0 Å². The fraction of sp³-hybridized carbons (Fsp3) is 0.500. The lowest BCUT2D eigenvalue weighted by Crippen LogP contribution is -2.24. The highest BCUT2D eigenvalue weighted by molar-refractivity contribution is 9.11. The van der Waals surface area contributed by atoms with Gasteiger partial charge >= 0.3 is 0 Å². The minimum Gasteiger partial charge on any atom is -0.329 e. The molecule has 0 fully saturated rings. The lowest BCUT2D eigenvalue weighted by Gasteiger charge is -2.09. The SMILES string of the molecule is CC(NCCN)c1ccc(Br)s1. The third kappa shape index (κ3) is 2.86. The summed E-state index contributed by atoms with van der Waals surface area (Å²) in [6, 6.07) is 4.61. The third-order valence-corrected chi connectivity index (χ3v) is 3.42. The van der Waals surface area contributed by atoms with Crippen LogP contribution in [0.2, 0.25) is 0 Å². The van der Waals surface area contributed by atoms with Crippen LogP contribution in [0.15, 0.2) is 15.9 Å². The zero-order chi connectivity index (χ0) is 8.97. The molecule has 0 aliphatic carbocycles. The zero-order valence-electron chi connectivity index (χ0n) is 7.01. The van der Waals surface area contributed by atoms with Gasteiger partial charge in [0.1, 0.15) is 0 Å². The van der Waals surface area contributed by atoms with E-state index in [2.05, 4.69) is 40.3 Å². The van der Waals surface area contributed by atoms with Crippen molar-refractivity contribution in [2.75, 3.05) is 13.1 Å². The highest BCUT2D eigenvalue weighted by atomic mass is 79.9. The van der Waals surface area contributed by atoms with E-state index < -0.39 is 0 Å². The second-order valence-corrected chi connectivity index (χ2v) is 5.10. The molecule has 1 atom stereocenters. The first-order chi connectivity index (χ1) is 5.74. The van der Waals surface area contributed by atoms with E-state index in [1.807, 2.05) is 0 Å². The van der Waals surface area contributed by atoms with E-state index in [0.29, 0.717) is 12.6 Å². The first kappa shape index (κ1) is 10.2. The number of halogens is 1. The molecule has 1 rings (SSSR count). The quantitative estimate of drug-likeness (QED) is 0.857. The van der Waals surface area contributed by atoms with Crippen molar-refractivity contribution < 1.29 is 0 Å². The van der Waals surface area contributed by atoms with Crippen molar-refractivity contribution in [1.82, 2.24) is 5.32 Å².